The van der Waals surface area contributed by atoms with Gasteiger partial charge in [0, 0.05) is 12.1 Å². The van der Waals surface area contributed by atoms with Crippen LogP contribution in [-0.2, 0) is 0 Å². The molecule has 0 aliphatic heterocycles. The molecule has 3 aliphatic carbocycles. The van der Waals surface area contributed by atoms with E-state index in [0.717, 1.165) is 24.2 Å². The van der Waals surface area contributed by atoms with Crippen molar-refractivity contribution in [3.8, 4) is 6.07 Å². The summed E-state index contributed by atoms with van der Waals surface area (Å²) >= 11 is 0. The van der Waals surface area contributed by atoms with Gasteiger partial charge in [-0.05, 0) is 56.8 Å². The lowest BCUT2D eigenvalue weighted by Gasteiger charge is -2.31. The van der Waals surface area contributed by atoms with Gasteiger partial charge in [-0.15, -0.1) is 0 Å². The molecule has 0 heterocycles. The summed E-state index contributed by atoms with van der Waals surface area (Å²) in [6.45, 7) is 2.36. The fourth-order valence-electron chi connectivity index (χ4n) is 4.68. The van der Waals surface area contributed by atoms with Gasteiger partial charge in [0.2, 0.25) is 0 Å². The molecule has 0 radical (unpaired) electrons. The predicted octanol–water partition coefficient (Wildman–Crippen LogP) is 3.09. The number of fused-ring (bicyclic) bond motifs is 2. The average Bonchev–Trinajstić information content (AvgIpc) is 3.03. The van der Waals surface area contributed by atoms with Crippen LogP contribution in [0.3, 0.4) is 0 Å². The molecule has 0 aromatic heterocycles. The highest BCUT2D eigenvalue weighted by atomic mass is 15.0. The molecule has 3 saturated carbocycles. The van der Waals surface area contributed by atoms with Gasteiger partial charge in [0.25, 0.3) is 0 Å². The molecular formula is C15H24N2. The van der Waals surface area contributed by atoms with Crippen molar-refractivity contribution >= 4 is 0 Å². The van der Waals surface area contributed by atoms with Crippen molar-refractivity contribution in [3.63, 3.8) is 0 Å². The largest absolute Gasteiger partial charge is 0.310 e. The highest BCUT2D eigenvalue weighted by Gasteiger charge is 2.42. The van der Waals surface area contributed by atoms with Crippen molar-refractivity contribution in [1.82, 2.24) is 5.32 Å². The average molecular weight is 232 g/mol. The summed E-state index contributed by atoms with van der Waals surface area (Å²) < 4.78 is 0. The SMILES string of the molecule is CC(NC1CCCC1C#N)C1CC2CCC1C2. The van der Waals surface area contributed by atoms with Crippen LogP contribution in [0.5, 0.6) is 0 Å². The second-order valence-electron chi connectivity index (χ2n) is 6.57. The van der Waals surface area contributed by atoms with E-state index < -0.39 is 0 Å². The Labute approximate surface area is 105 Å². The third-order valence-electron chi connectivity index (χ3n) is 5.59. The van der Waals surface area contributed by atoms with E-state index in [0.29, 0.717) is 12.1 Å². The summed E-state index contributed by atoms with van der Waals surface area (Å²) in [5.74, 6) is 3.19. The van der Waals surface area contributed by atoms with Gasteiger partial charge in [-0.2, -0.15) is 5.26 Å². The molecule has 3 fully saturated rings. The molecule has 94 valence electrons. The Morgan fingerprint density at radius 2 is 2.06 bits per heavy atom. The molecule has 0 aromatic rings. The number of hydrogen-bond donors (Lipinski definition) is 1. The first-order valence-corrected chi connectivity index (χ1v) is 7.43. The van der Waals surface area contributed by atoms with E-state index in [9.17, 15) is 0 Å². The highest BCUT2D eigenvalue weighted by molar-refractivity contribution is 5.00. The number of hydrogen-bond acceptors (Lipinski definition) is 2. The Balaban J connectivity index is 1.57. The molecule has 3 aliphatic rings. The Morgan fingerprint density at radius 1 is 1.18 bits per heavy atom. The Morgan fingerprint density at radius 3 is 2.71 bits per heavy atom. The summed E-state index contributed by atoms with van der Waals surface area (Å²) in [5.41, 5.74) is 0. The maximum atomic E-state index is 9.13. The molecule has 0 amide bonds. The third kappa shape index (κ3) is 2.10. The Kier molecular flexibility index (Phi) is 3.13. The van der Waals surface area contributed by atoms with Crippen molar-refractivity contribution in [3.05, 3.63) is 0 Å². The Hall–Kier alpha value is -0.550. The first kappa shape index (κ1) is 11.5. The smallest absolute Gasteiger partial charge is 0.0672 e. The van der Waals surface area contributed by atoms with Gasteiger partial charge in [-0.25, -0.2) is 0 Å². The molecule has 2 heteroatoms. The highest BCUT2D eigenvalue weighted by Crippen LogP contribution is 2.49. The summed E-state index contributed by atoms with van der Waals surface area (Å²) in [6.07, 6.45) is 9.44. The first-order chi connectivity index (χ1) is 8.28. The van der Waals surface area contributed by atoms with Crippen LogP contribution in [0.2, 0.25) is 0 Å². The second-order valence-corrected chi connectivity index (χ2v) is 6.57. The normalized spacial score (nSPS) is 46.0. The standard InChI is InChI=1S/C15H24N2/c1-10(14-8-11-5-6-12(14)7-11)17-15-4-2-3-13(15)9-16/h10-15,17H,2-8H2,1H3. The molecule has 17 heavy (non-hydrogen) atoms. The zero-order valence-corrected chi connectivity index (χ0v) is 10.9. The zero-order chi connectivity index (χ0) is 11.8. The number of nitrogens with one attached hydrogen (secondary N) is 1. The monoisotopic (exact) mass is 232 g/mol. The van der Waals surface area contributed by atoms with E-state index in [4.69, 9.17) is 5.26 Å². The van der Waals surface area contributed by atoms with Gasteiger partial charge < -0.3 is 5.32 Å². The fraction of sp³-hybridized carbons (Fsp3) is 0.933. The van der Waals surface area contributed by atoms with Crippen molar-refractivity contribution < 1.29 is 0 Å². The first-order valence-electron chi connectivity index (χ1n) is 7.43. The maximum absolute atomic E-state index is 9.13. The topological polar surface area (TPSA) is 35.8 Å². The van der Waals surface area contributed by atoms with Gasteiger partial charge in [0.1, 0.15) is 0 Å². The molecule has 2 bridgehead atoms. The van der Waals surface area contributed by atoms with E-state index in [1.54, 1.807) is 0 Å². The third-order valence-corrected chi connectivity index (χ3v) is 5.59. The van der Waals surface area contributed by atoms with Crippen molar-refractivity contribution in [2.75, 3.05) is 0 Å². The molecule has 0 saturated heterocycles. The summed E-state index contributed by atoms with van der Waals surface area (Å²) in [6, 6.07) is 3.59. The maximum Gasteiger partial charge on any atom is 0.0672 e. The second kappa shape index (κ2) is 4.61. The lowest BCUT2D eigenvalue weighted by molar-refractivity contribution is 0.238. The van der Waals surface area contributed by atoms with Gasteiger partial charge >= 0.3 is 0 Å². The summed E-state index contributed by atoms with van der Waals surface area (Å²) in [5, 5.41) is 12.9. The van der Waals surface area contributed by atoms with Crippen molar-refractivity contribution in [2.24, 2.45) is 23.7 Å². The number of nitrogens with zero attached hydrogens (tertiary/aromatic N) is 1. The van der Waals surface area contributed by atoms with Crippen LogP contribution < -0.4 is 5.32 Å². The van der Waals surface area contributed by atoms with Crippen LogP contribution >= 0.6 is 0 Å². The van der Waals surface area contributed by atoms with Crippen LogP contribution in [0.15, 0.2) is 0 Å². The Bertz CT molecular complexity index is 319. The van der Waals surface area contributed by atoms with Crippen LogP contribution in [-0.4, -0.2) is 12.1 Å². The fourth-order valence-corrected chi connectivity index (χ4v) is 4.68. The van der Waals surface area contributed by atoms with E-state index in [1.165, 1.54) is 38.5 Å². The van der Waals surface area contributed by atoms with E-state index >= 15 is 0 Å². The van der Waals surface area contributed by atoms with E-state index in [-0.39, 0.29) is 5.92 Å². The number of nitriles is 1. The van der Waals surface area contributed by atoms with Gasteiger partial charge in [0.05, 0.1) is 12.0 Å². The molecule has 3 rings (SSSR count). The van der Waals surface area contributed by atoms with Crippen LogP contribution in [0, 0.1) is 35.0 Å². The molecule has 0 aromatic carbocycles. The molecule has 2 nitrogen and oxygen atoms in total. The molecule has 6 unspecified atom stereocenters. The predicted molar refractivity (Wildman–Crippen MR) is 68.3 cm³/mol. The minimum atomic E-state index is 0.274. The van der Waals surface area contributed by atoms with Crippen molar-refractivity contribution in [2.45, 2.75) is 64.0 Å². The molecule has 6 atom stereocenters. The van der Waals surface area contributed by atoms with Gasteiger partial charge in [-0.1, -0.05) is 12.8 Å². The van der Waals surface area contributed by atoms with Gasteiger partial charge in [-0.3, -0.25) is 0 Å². The quantitative estimate of drug-likeness (QED) is 0.811. The van der Waals surface area contributed by atoms with Crippen LogP contribution in [0.4, 0.5) is 0 Å². The summed E-state index contributed by atoms with van der Waals surface area (Å²) in [4.78, 5) is 0. The van der Waals surface area contributed by atoms with Crippen LogP contribution in [0.1, 0.15) is 51.9 Å². The number of rotatable bonds is 3. The van der Waals surface area contributed by atoms with Crippen LogP contribution in [0.25, 0.3) is 0 Å². The lowest BCUT2D eigenvalue weighted by atomic mass is 9.83. The van der Waals surface area contributed by atoms with E-state index in [2.05, 4.69) is 18.3 Å². The minimum absolute atomic E-state index is 0.274. The zero-order valence-electron chi connectivity index (χ0n) is 10.9. The molecular weight excluding hydrogens is 208 g/mol. The van der Waals surface area contributed by atoms with E-state index in [1.807, 2.05) is 0 Å². The lowest BCUT2D eigenvalue weighted by Crippen LogP contribution is -2.43. The molecule has 1 N–H and O–H groups in total. The molecule has 0 spiro atoms. The minimum Gasteiger partial charge on any atom is -0.310 e. The van der Waals surface area contributed by atoms with Crippen molar-refractivity contribution in [1.29, 1.82) is 5.26 Å². The summed E-state index contributed by atoms with van der Waals surface area (Å²) in [7, 11) is 0. The van der Waals surface area contributed by atoms with Gasteiger partial charge in [0.15, 0.2) is 0 Å².